The van der Waals surface area contributed by atoms with Gasteiger partial charge in [0.2, 0.25) is 12.2 Å². The molecule has 0 N–H and O–H groups in total. The molecule has 3 aromatic rings. The zero-order valence-electron chi connectivity index (χ0n) is 19.5. The number of carbonyl (C=O) groups excluding carboxylic acids is 2. The highest BCUT2D eigenvalue weighted by molar-refractivity contribution is 5.51. The first-order chi connectivity index (χ1) is 15.8. The molecule has 0 heterocycles. The molecule has 0 saturated heterocycles. The highest BCUT2D eigenvalue weighted by Crippen LogP contribution is 2.29. The summed E-state index contributed by atoms with van der Waals surface area (Å²) in [6.07, 6.45) is 2.97. The van der Waals surface area contributed by atoms with E-state index in [1.807, 2.05) is 41.5 Å². The Morgan fingerprint density at radius 2 is 0.875 bits per heavy atom. The summed E-state index contributed by atoms with van der Waals surface area (Å²) in [5.74, 6) is 2.39. The van der Waals surface area contributed by atoms with Gasteiger partial charge >= 0.3 is 0 Å². The molecule has 0 spiro atoms. The molecule has 0 saturated carbocycles. The number of aliphatic imine (C=N–C) groups is 2. The van der Waals surface area contributed by atoms with Gasteiger partial charge in [0.15, 0.2) is 0 Å². The molecule has 3 aromatic carbocycles. The minimum absolute atomic E-state index is 0.506. The lowest BCUT2D eigenvalue weighted by molar-refractivity contribution is 0.460. The summed E-state index contributed by atoms with van der Waals surface area (Å²) in [4.78, 5) is 27.5. The average molecular weight is 435 g/mol. The van der Waals surface area contributed by atoms with Crippen LogP contribution in [0.4, 0.5) is 11.4 Å². The van der Waals surface area contributed by atoms with Crippen molar-refractivity contribution in [3.05, 3.63) is 72.8 Å². The van der Waals surface area contributed by atoms with Crippen LogP contribution in [0.2, 0.25) is 0 Å². The third-order valence-corrected chi connectivity index (χ3v) is 3.30. The van der Waals surface area contributed by atoms with Gasteiger partial charge < -0.3 is 9.47 Å². The maximum Gasteiger partial charge on any atom is 0.240 e. The number of benzene rings is 3. The molecule has 0 radical (unpaired) electrons. The third-order valence-electron chi connectivity index (χ3n) is 3.30. The van der Waals surface area contributed by atoms with Gasteiger partial charge in [-0.2, -0.15) is 9.98 Å². The summed E-state index contributed by atoms with van der Waals surface area (Å²) in [6.45, 7) is 12.0. The first kappa shape index (κ1) is 28.0. The number of hydrogen-bond donors (Lipinski definition) is 0. The highest BCUT2D eigenvalue weighted by Gasteiger charge is 2.02. The van der Waals surface area contributed by atoms with E-state index < -0.39 is 0 Å². The molecule has 6 heteroatoms. The molecule has 168 valence electrons. The van der Waals surface area contributed by atoms with E-state index in [0.717, 1.165) is 0 Å². The monoisotopic (exact) mass is 434 g/mol. The van der Waals surface area contributed by atoms with Crippen molar-refractivity contribution in [1.82, 2.24) is 0 Å². The minimum Gasteiger partial charge on any atom is -0.457 e. The summed E-state index contributed by atoms with van der Waals surface area (Å²) < 4.78 is 11.5. The Morgan fingerprint density at radius 3 is 1.19 bits per heavy atom. The molecule has 0 bridgehead atoms. The fourth-order valence-electron chi connectivity index (χ4n) is 2.16. The molecule has 0 aromatic heterocycles. The second kappa shape index (κ2) is 17.8. The molecule has 6 nitrogen and oxygen atoms in total. The first-order valence-corrected chi connectivity index (χ1v) is 10.6. The second-order valence-electron chi connectivity index (χ2n) is 5.07. The lowest BCUT2D eigenvalue weighted by Crippen LogP contribution is -1.87. The van der Waals surface area contributed by atoms with Crippen molar-refractivity contribution in [1.29, 1.82) is 0 Å². The molecule has 0 amide bonds. The van der Waals surface area contributed by atoms with Crippen LogP contribution in [-0.4, -0.2) is 12.2 Å². The number of nitrogens with zero attached hydrogens (tertiary/aromatic N) is 2. The molecule has 3 rings (SSSR count). The topological polar surface area (TPSA) is 77.3 Å². The molecular formula is C26H30N2O4. The molecule has 0 aliphatic rings. The summed E-state index contributed by atoms with van der Waals surface area (Å²) >= 11 is 0. The Hall–Kier alpha value is -3.98. The van der Waals surface area contributed by atoms with Crippen LogP contribution in [0.1, 0.15) is 41.5 Å². The quantitative estimate of drug-likeness (QED) is 0.289. The molecule has 0 aliphatic heterocycles. The molecule has 0 atom stereocenters. The number of hydrogen-bond acceptors (Lipinski definition) is 6. The van der Waals surface area contributed by atoms with Crippen LogP contribution in [0, 0.1) is 0 Å². The number of isocyanates is 2. The summed E-state index contributed by atoms with van der Waals surface area (Å²) in [5, 5.41) is 0. The Labute approximate surface area is 190 Å². The van der Waals surface area contributed by atoms with E-state index in [0.29, 0.717) is 34.4 Å². The van der Waals surface area contributed by atoms with Crippen LogP contribution < -0.4 is 9.47 Å². The smallest absolute Gasteiger partial charge is 0.240 e. The van der Waals surface area contributed by atoms with Crippen molar-refractivity contribution in [3.8, 4) is 23.0 Å². The largest absolute Gasteiger partial charge is 0.457 e. The van der Waals surface area contributed by atoms with Crippen LogP contribution in [0.25, 0.3) is 0 Å². The van der Waals surface area contributed by atoms with Gasteiger partial charge in [-0.25, -0.2) is 9.59 Å². The maximum atomic E-state index is 10.2. The molecule has 0 aliphatic carbocycles. The summed E-state index contributed by atoms with van der Waals surface area (Å²) in [5.41, 5.74) is 1.01. The van der Waals surface area contributed by atoms with E-state index in [1.54, 1.807) is 72.8 Å². The molecular weight excluding hydrogens is 404 g/mol. The van der Waals surface area contributed by atoms with Gasteiger partial charge in [0.05, 0.1) is 11.4 Å². The van der Waals surface area contributed by atoms with E-state index in [4.69, 9.17) is 9.47 Å². The van der Waals surface area contributed by atoms with Crippen LogP contribution in [0.15, 0.2) is 82.8 Å². The molecule has 0 unspecified atom stereocenters. The molecule has 32 heavy (non-hydrogen) atoms. The normalized spacial score (nSPS) is 8.31. The van der Waals surface area contributed by atoms with Crippen molar-refractivity contribution in [2.24, 2.45) is 9.98 Å². The zero-order chi connectivity index (χ0) is 24.2. The van der Waals surface area contributed by atoms with Gasteiger partial charge in [-0.05, 0) is 60.7 Å². The average Bonchev–Trinajstić information content (AvgIpc) is 2.86. The Morgan fingerprint density at radius 1 is 0.531 bits per heavy atom. The van der Waals surface area contributed by atoms with Crippen LogP contribution in [-0.2, 0) is 9.59 Å². The summed E-state index contributed by atoms with van der Waals surface area (Å²) in [7, 11) is 0. The van der Waals surface area contributed by atoms with E-state index in [2.05, 4.69) is 9.98 Å². The number of rotatable bonds is 6. The Bertz CT molecular complexity index is 908. The Balaban J connectivity index is 0.00000148. The van der Waals surface area contributed by atoms with E-state index in [9.17, 15) is 9.59 Å². The fourth-order valence-corrected chi connectivity index (χ4v) is 2.16. The number of ether oxygens (including phenoxy) is 2. The predicted octanol–water partition coefficient (Wildman–Crippen LogP) is 8.28. The maximum absolute atomic E-state index is 10.2. The van der Waals surface area contributed by atoms with Gasteiger partial charge in [0.25, 0.3) is 0 Å². The van der Waals surface area contributed by atoms with E-state index >= 15 is 0 Å². The van der Waals surface area contributed by atoms with Gasteiger partial charge in [0.1, 0.15) is 23.0 Å². The molecule has 0 fully saturated rings. The zero-order valence-corrected chi connectivity index (χ0v) is 19.5. The van der Waals surface area contributed by atoms with Crippen molar-refractivity contribution in [3.63, 3.8) is 0 Å². The van der Waals surface area contributed by atoms with E-state index in [1.165, 1.54) is 12.2 Å². The van der Waals surface area contributed by atoms with E-state index in [-0.39, 0.29) is 0 Å². The van der Waals surface area contributed by atoms with Gasteiger partial charge in [-0.1, -0.05) is 47.6 Å². The highest BCUT2D eigenvalue weighted by atomic mass is 16.5. The predicted molar refractivity (Wildman–Crippen MR) is 129 cm³/mol. The lowest BCUT2D eigenvalue weighted by Gasteiger charge is -2.09. The van der Waals surface area contributed by atoms with Crippen LogP contribution in [0.5, 0.6) is 23.0 Å². The van der Waals surface area contributed by atoms with Gasteiger partial charge in [0, 0.05) is 6.07 Å². The van der Waals surface area contributed by atoms with Crippen molar-refractivity contribution < 1.29 is 19.1 Å². The second-order valence-corrected chi connectivity index (χ2v) is 5.07. The minimum atomic E-state index is 0.506. The van der Waals surface area contributed by atoms with Crippen molar-refractivity contribution in [2.45, 2.75) is 41.5 Å². The summed E-state index contributed by atoms with van der Waals surface area (Å²) in [6, 6.07) is 20.6. The van der Waals surface area contributed by atoms with Crippen LogP contribution in [0.3, 0.4) is 0 Å². The standard InChI is InChI=1S/C20H12N2O4.3C2H6/c23-13-21-15-4-8-17(9-5-15)25-19-2-1-3-20(12-19)26-18-10-6-16(7-11-18)22-14-24;3*1-2/h1-12H;3*1-2H3. The van der Waals surface area contributed by atoms with Gasteiger partial charge in [-0.15, -0.1) is 0 Å². The third kappa shape index (κ3) is 10.2. The van der Waals surface area contributed by atoms with Crippen molar-refractivity contribution in [2.75, 3.05) is 0 Å². The fraction of sp³-hybridized carbons (Fsp3) is 0.231. The van der Waals surface area contributed by atoms with Crippen LogP contribution >= 0.6 is 0 Å². The van der Waals surface area contributed by atoms with Crippen molar-refractivity contribution >= 4 is 23.5 Å². The SMILES string of the molecule is CC.CC.CC.O=C=Nc1ccc(Oc2cccc(Oc3ccc(N=C=O)cc3)c2)cc1. The Kier molecular flexibility index (Phi) is 15.6. The first-order valence-electron chi connectivity index (χ1n) is 10.6. The lowest BCUT2D eigenvalue weighted by atomic mass is 10.3. The van der Waals surface area contributed by atoms with Gasteiger partial charge in [-0.3, -0.25) is 0 Å².